The van der Waals surface area contributed by atoms with Crippen molar-refractivity contribution < 1.29 is 26.8 Å². The van der Waals surface area contributed by atoms with E-state index in [1.54, 1.807) is 4.90 Å². The number of sulfonamides is 1. The predicted octanol–water partition coefficient (Wildman–Crippen LogP) is 2.41. The summed E-state index contributed by atoms with van der Waals surface area (Å²) in [7, 11) is -3.77. The number of piperazine rings is 1. The van der Waals surface area contributed by atoms with Crippen LogP contribution in [-0.4, -0.2) is 62.2 Å². The number of carbonyl (C=O) groups is 2. The van der Waals surface area contributed by atoms with Crippen molar-refractivity contribution in [3.63, 3.8) is 0 Å². The van der Waals surface area contributed by atoms with E-state index < -0.39 is 27.6 Å². The molecule has 7 nitrogen and oxygen atoms in total. The maximum atomic E-state index is 14.1. The molecular formula is C22H23F2N3O4S. The van der Waals surface area contributed by atoms with Crippen LogP contribution in [-0.2, 0) is 21.2 Å². The van der Waals surface area contributed by atoms with Crippen LogP contribution in [0.3, 0.4) is 0 Å². The highest BCUT2D eigenvalue weighted by Crippen LogP contribution is 2.31. The molecule has 2 aromatic carbocycles. The van der Waals surface area contributed by atoms with E-state index in [-0.39, 0.29) is 35.1 Å². The Hall–Kier alpha value is -2.85. The molecule has 1 fully saturated rings. The second-order valence-electron chi connectivity index (χ2n) is 7.88. The van der Waals surface area contributed by atoms with Crippen LogP contribution in [0.25, 0.3) is 0 Å². The van der Waals surface area contributed by atoms with Gasteiger partial charge in [-0.1, -0.05) is 0 Å². The molecule has 0 atom stereocenters. The van der Waals surface area contributed by atoms with E-state index in [1.807, 2.05) is 0 Å². The smallest absolute Gasteiger partial charge is 0.258 e. The lowest BCUT2D eigenvalue weighted by Crippen LogP contribution is -2.49. The molecule has 10 heteroatoms. The summed E-state index contributed by atoms with van der Waals surface area (Å²) in [5, 5.41) is 0. The average molecular weight is 464 g/mol. The summed E-state index contributed by atoms with van der Waals surface area (Å²) in [5.41, 5.74) is 0.733. The summed E-state index contributed by atoms with van der Waals surface area (Å²) >= 11 is 0. The van der Waals surface area contributed by atoms with Crippen molar-refractivity contribution in [3.8, 4) is 0 Å². The van der Waals surface area contributed by atoms with Gasteiger partial charge in [0.1, 0.15) is 11.6 Å². The van der Waals surface area contributed by atoms with Crippen molar-refractivity contribution >= 4 is 27.5 Å². The number of fused-ring (bicyclic) bond motifs is 1. The van der Waals surface area contributed by atoms with Gasteiger partial charge in [0.25, 0.3) is 5.91 Å². The van der Waals surface area contributed by atoms with Gasteiger partial charge in [-0.05, 0) is 43.2 Å². The van der Waals surface area contributed by atoms with Gasteiger partial charge in [0, 0.05) is 56.8 Å². The molecule has 0 spiro atoms. The number of amides is 2. The molecule has 2 aromatic rings. The summed E-state index contributed by atoms with van der Waals surface area (Å²) in [6.45, 7) is 2.81. The highest BCUT2D eigenvalue weighted by molar-refractivity contribution is 7.89. The van der Waals surface area contributed by atoms with E-state index in [0.29, 0.717) is 38.0 Å². The molecule has 32 heavy (non-hydrogen) atoms. The van der Waals surface area contributed by atoms with Gasteiger partial charge >= 0.3 is 0 Å². The SMILES string of the molecule is CC(=O)N1CCN(S(=O)(=O)c2ccc(C(=O)N3CCCc4c(F)cc(F)cc43)cc2)CC1. The van der Waals surface area contributed by atoms with Crippen LogP contribution < -0.4 is 4.90 Å². The first-order valence-electron chi connectivity index (χ1n) is 10.3. The number of rotatable bonds is 3. The maximum absolute atomic E-state index is 14.1. The minimum Gasteiger partial charge on any atom is -0.340 e. The van der Waals surface area contributed by atoms with E-state index >= 15 is 0 Å². The first kappa shape index (κ1) is 22.3. The van der Waals surface area contributed by atoms with Crippen molar-refractivity contribution in [2.24, 2.45) is 0 Å². The van der Waals surface area contributed by atoms with E-state index in [1.165, 1.54) is 40.4 Å². The average Bonchev–Trinajstić information content (AvgIpc) is 2.78. The topological polar surface area (TPSA) is 78.0 Å². The highest BCUT2D eigenvalue weighted by atomic mass is 32.2. The predicted molar refractivity (Wildman–Crippen MR) is 114 cm³/mol. The molecule has 170 valence electrons. The summed E-state index contributed by atoms with van der Waals surface area (Å²) < 4.78 is 55.1. The highest BCUT2D eigenvalue weighted by Gasteiger charge is 2.30. The molecule has 0 saturated carbocycles. The van der Waals surface area contributed by atoms with Crippen molar-refractivity contribution in [1.29, 1.82) is 0 Å². The fourth-order valence-corrected chi connectivity index (χ4v) is 5.56. The molecule has 0 radical (unpaired) electrons. The quantitative estimate of drug-likeness (QED) is 0.701. The van der Waals surface area contributed by atoms with Crippen molar-refractivity contribution in [2.45, 2.75) is 24.7 Å². The lowest BCUT2D eigenvalue weighted by Gasteiger charge is -2.33. The normalized spacial score (nSPS) is 17.2. The minimum atomic E-state index is -3.77. The van der Waals surface area contributed by atoms with Crippen LogP contribution in [0.2, 0.25) is 0 Å². The number of benzene rings is 2. The summed E-state index contributed by atoms with van der Waals surface area (Å²) in [5.74, 6) is -1.98. The third-order valence-corrected chi connectivity index (χ3v) is 7.82. The minimum absolute atomic E-state index is 0.0430. The zero-order valence-electron chi connectivity index (χ0n) is 17.6. The number of hydrogen-bond donors (Lipinski definition) is 0. The van der Waals surface area contributed by atoms with Crippen molar-refractivity contribution in [1.82, 2.24) is 9.21 Å². The number of anilines is 1. The third-order valence-electron chi connectivity index (χ3n) is 5.90. The molecule has 2 amide bonds. The number of hydrogen-bond acceptors (Lipinski definition) is 4. The van der Waals surface area contributed by atoms with Crippen LogP contribution in [0.5, 0.6) is 0 Å². The lowest BCUT2D eigenvalue weighted by molar-refractivity contribution is -0.129. The van der Waals surface area contributed by atoms with E-state index in [0.717, 1.165) is 12.1 Å². The molecule has 0 aliphatic carbocycles. The van der Waals surface area contributed by atoms with Crippen LogP contribution in [0.1, 0.15) is 29.3 Å². The Labute approximate surface area is 185 Å². The molecule has 2 heterocycles. The monoisotopic (exact) mass is 463 g/mol. The van der Waals surface area contributed by atoms with Gasteiger partial charge < -0.3 is 9.80 Å². The largest absolute Gasteiger partial charge is 0.340 e. The van der Waals surface area contributed by atoms with Crippen LogP contribution in [0.4, 0.5) is 14.5 Å². The second-order valence-corrected chi connectivity index (χ2v) is 9.82. The van der Waals surface area contributed by atoms with Crippen LogP contribution >= 0.6 is 0 Å². The standard InChI is InChI=1S/C22H23F2N3O4S/c1-15(28)25-9-11-26(12-10-25)32(30,31)18-6-4-16(5-7-18)22(29)27-8-2-3-19-20(24)13-17(23)14-21(19)27/h4-7,13-14H,2-3,8-12H2,1H3. The Bertz CT molecular complexity index is 1160. The van der Waals surface area contributed by atoms with Gasteiger partial charge in [-0.2, -0.15) is 4.31 Å². The Balaban J connectivity index is 1.54. The molecular weight excluding hydrogens is 440 g/mol. The summed E-state index contributed by atoms with van der Waals surface area (Å²) in [6, 6.07) is 7.49. The number of halogens is 2. The lowest BCUT2D eigenvalue weighted by atomic mass is 10.00. The Kier molecular flexibility index (Phi) is 6.00. The second kappa shape index (κ2) is 8.59. The maximum Gasteiger partial charge on any atom is 0.258 e. The van der Waals surface area contributed by atoms with E-state index in [9.17, 15) is 26.8 Å². The van der Waals surface area contributed by atoms with Gasteiger partial charge in [0.15, 0.2) is 0 Å². The molecule has 0 bridgehead atoms. The molecule has 2 aliphatic heterocycles. The van der Waals surface area contributed by atoms with Crippen LogP contribution in [0.15, 0.2) is 41.3 Å². The van der Waals surface area contributed by atoms with Gasteiger partial charge in [-0.3, -0.25) is 9.59 Å². The Morgan fingerprint density at radius 1 is 0.938 bits per heavy atom. The fourth-order valence-electron chi connectivity index (χ4n) is 4.14. The summed E-state index contributed by atoms with van der Waals surface area (Å²) in [4.78, 5) is 27.4. The molecule has 4 rings (SSSR count). The summed E-state index contributed by atoms with van der Waals surface area (Å²) in [6.07, 6.45) is 0.958. The van der Waals surface area contributed by atoms with Gasteiger partial charge in [-0.15, -0.1) is 0 Å². The van der Waals surface area contributed by atoms with Gasteiger partial charge in [-0.25, -0.2) is 17.2 Å². The number of nitrogens with zero attached hydrogens (tertiary/aromatic N) is 3. The van der Waals surface area contributed by atoms with E-state index in [2.05, 4.69) is 0 Å². The third kappa shape index (κ3) is 4.12. The Morgan fingerprint density at radius 2 is 1.59 bits per heavy atom. The zero-order chi connectivity index (χ0) is 23.0. The van der Waals surface area contributed by atoms with Crippen molar-refractivity contribution in [2.75, 3.05) is 37.6 Å². The zero-order valence-corrected chi connectivity index (χ0v) is 18.4. The number of carbonyl (C=O) groups excluding carboxylic acids is 2. The molecule has 2 aliphatic rings. The molecule has 0 aromatic heterocycles. The van der Waals surface area contributed by atoms with Gasteiger partial charge in [0.2, 0.25) is 15.9 Å². The van der Waals surface area contributed by atoms with E-state index in [4.69, 9.17) is 0 Å². The fraction of sp³-hybridized carbons (Fsp3) is 0.364. The first-order chi connectivity index (χ1) is 15.2. The first-order valence-corrected chi connectivity index (χ1v) is 11.8. The van der Waals surface area contributed by atoms with Crippen molar-refractivity contribution in [3.05, 3.63) is 59.2 Å². The molecule has 1 saturated heterocycles. The van der Waals surface area contributed by atoms with Crippen LogP contribution in [0, 0.1) is 11.6 Å². The Morgan fingerprint density at radius 3 is 2.22 bits per heavy atom. The molecule has 0 N–H and O–H groups in total. The van der Waals surface area contributed by atoms with Gasteiger partial charge in [0.05, 0.1) is 10.6 Å². The molecule has 0 unspecified atom stereocenters.